The molecule has 38 heavy (non-hydrogen) atoms. The molecule has 13 heteroatoms. The zero-order valence-corrected chi connectivity index (χ0v) is 20.5. The minimum atomic E-state index is -4.93. The van der Waals surface area contributed by atoms with E-state index in [1.165, 1.54) is 48.2 Å². The smallest absolute Gasteiger partial charge is 0.482 e. The van der Waals surface area contributed by atoms with E-state index < -0.39 is 36.8 Å². The normalized spacial score (nSPS) is 11.6. The number of rotatable bonds is 10. The molecule has 0 radical (unpaired) electrons. The summed E-state index contributed by atoms with van der Waals surface area (Å²) in [5.74, 6) is -1.72. The highest BCUT2D eigenvalue weighted by Gasteiger charge is 2.32. The van der Waals surface area contributed by atoms with Crippen LogP contribution in [-0.2, 0) is 4.79 Å². The Balaban J connectivity index is 1.91. The molecule has 0 amide bonds. The van der Waals surface area contributed by atoms with Crippen LogP contribution >= 0.6 is 23.4 Å². The van der Waals surface area contributed by atoms with Crippen LogP contribution in [0.5, 0.6) is 17.2 Å². The van der Waals surface area contributed by atoms with Gasteiger partial charge in [0.05, 0.1) is 5.02 Å². The van der Waals surface area contributed by atoms with Gasteiger partial charge in [-0.3, -0.25) is 0 Å². The maximum atomic E-state index is 12.7. The summed E-state index contributed by atoms with van der Waals surface area (Å²) in [4.78, 5) is 11.2. The zero-order chi connectivity index (χ0) is 27.9. The molecule has 3 rings (SSSR count). The van der Waals surface area contributed by atoms with Gasteiger partial charge in [0.1, 0.15) is 17.2 Å². The average molecular weight is 579 g/mol. The van der Waals surface area contributed by atoms with Crippen LogP contribution in [0.15, 0.2) is 77.7 Å². The molecule has 0 aliphatic heterocycles. The summed E-state index contributed by atoms with van der Waals surface area (Å²) >= 11 is 7.47. The lowest BCUT2D eigenvalue weighted by molar-refractivity contribution is -0.275. The molecule has 0 unspecified atom stereocenters. The number of carboxylic acids is 1. The van der Waals surface area contributed by atoms with Crippen LogP contribution in [-0.4, -0.2) is 36.2 Å². The number of carbonyl (C=O) groups is 1. The molecule has 3 aromatic carbocycles. The second kappa shape index (κ2) is 12.4. The third-order valence-electron chi connectivity index (χ3n) is 4.55. The number of alkyl halides is 6. The molecular weight excluding hydrogens is 562 g/mol. The van der Waals surface area contributed by atoms with Crippen LogP contribution < -0.4 is 14.2 Å². The first-order chi connectivity index (χ1) is 17.8. The molecule has 0 aliphatic carbocycles. The van der Waals surface area contributed by atoms with Gasteiger partial charge in [0, 0.05) is 10.6 Å². The number of ether oxygens (including phenoxy) is 3. The largest absolute Gasteiger partial charge is 0.573 e. The molecule has 0 saturated heterocycles. The third kappa shape index (κ3) is 9.42. The van der Waals surface area contributed by atoms with Crippen LogP contribution in [0.25, 0.3) is 5.57 Å². The van der Waals surface area contributed by atoms with E-state index >= 15 is 0 Å². The summed E-state index contributed by atoms with van der Waals surface area (Å²) in [5.41, 5.74) is 0.815. The summed E-state index contributed by atoms with van der Waals surface area (Å²) < 4.78 is 89.5. The second-order valence-electron chi connectivity index (χ2n) is 7.35. The highest BCUT2D eigenvalue weighted by molar-refractivity contribution is 7.99. The van der Waals surface area contributed by atoms with Gasteiger partial charge in [-0.2, -0.15) is 0 Å². The first kappa shape index (κ1) is 29.1. The number of hydrogen-bond acceptors (Lipinski definition) is 5. The van der Waals surface area contributed by atoms with Crippen molar-refractivity contribution in [1.82, 2.24) is 0 Å². The van der Waals surface area contributed by atoms with Gasteiger partial charge in [0.2, 0.25) is 0 Å². The molecule has 0 atom stereocenters. The second-order valence-corrected chi connectivity index (χ2v) is 8.82. The van der Waals surface area contributed by atoms with E-state index in [1.807, 2.05) is 0 Å². The molecule has 0 heterocycles. The van der Waals surface area contributed by atoms with Gasteiger partial charge in [-0.25, -0.2) is 4.79 Å². The highest BCUT2D eigenvalue weighted by atomic mass is 35.5. The predicted molar refractivity (Wildman–Crippen MR) is 129 cm³/mol. The summed E-state index contributed by atoms with van der Waals surface area (Å²) in [6, 6.07) is 14.6. The third-order valence-corrected chi connectivity index (χ3v) is 5.97. The molecule has 1 N–H and O–H groups in total. The van der Waals surface area contributed by atoms with Crippen LogP contribution in [0, 0.1) is 0 Å². The van der Waals surface area contributed by atoms with E-state index in [9.17, 15) is 31.1 Å². The summed E-state index contributed by atoms with van der Waals surface area (Å²) in [6.07, 6.45) is -8.26. The van der Waals surface area contributed by atoms with Crippen molar-refractivity contribution >= 4 is 34.9 Å². The quantitative estimate of drug-likeness (QED) is 0.195. The van der Waals surface area contributed by atoms with Crippen molar-refractivity contribution < 1.29 is 50.5 Å². The van der Waals surface area contributed by atoms with E-state index in [2.05, 4.69) is 9.47 Å². The maximum absolute atomic E-state index is 12.7. The monoisotopic (exact) mass is 578 g/mol. The van der Waals surface area contributed by atoms with Crippen LogP contribution in [0.1, 0.15) is 11.1 Å². The first-order valence-electron chi connectivity index (χ1n) is 10.5. The van der Waals surface area contributed by atoms with Gasteiger partial charge in [0.25, 0.3) is 0 Å². The van der Waals surface area contributed by atoms with Crippen molar-refractivity contribution in [2.24, 2.45) is 0 Å². The van der Waals surface area contributed by atoms with Crippen molar-refractivity contribution in [2.75, 3.05) is 12.4 Å². The molecule has 5 nitrogen and oxygen atoms in total. The Kier molecular flexibility index (Phi) is 9.45. The Morgan fingerprint density at radius 2 is 1.39 bits per heavy atom. The fourth-order valence-corrected chi connectivity index (χ4v) is 4.30. The topological polar surface area (TPSA) is 65.0 Å². The number of halogens is 7. The fraction of sp³-hybridized carbons (Fsp3) is 0.160. The summed E-state index contributed by atoms with van der Waals surface area (Å²) in [7, 11) is 0. The standard InChI is InChI=1S/C25H17ClF6O5S/c26-21-13-17(35-14-23(33)34)7-8-22(21)38-10-9-20(15-3-1-5-18(11-15)36-24(27,28)29)16-4-2-6-19(12-16)37-25(30,31)32/h1-9,11-13H,10,14H2,(H,33,34). The molecule has 0 aromatic heterocycles. The lowest BCUT2D eigenvalue weighted by atomic mass is 9.97. The van der Waals surface area contributed by atoms with Crippen molar-refractivity contribution in [3.63, 3.8) is 0 Å². The van der Waals surface area contributed by atoms with Gasteiger partial charge < -0.3 is 19.3 Å². The Morgan fingerprint density at radius 3 is 1.87 bits per heavy atom. The number of thioether (sulfide) groups is 1. The van der Waals surface area contributed by atoms with Crippen LogP contribution in [0.2, 0.25) is 5.02 Å². The Hall–Kier alpha value is -3.51. The van der Waals surface area contributed by atoms with Crippen LogP contribution in [0.3, 0.4) is 0 Å². The predicted octanol–water partition coefficient (Wildman–Crippen LogP) is 7.82. The maximum Gasteiger partial charge on any atom is 0.573 e. The highest BCUT2D eigenvalue weighted by Crippen LogP contribution is 2.35. The van der Waals surface area contributed by atoms with E-state index in [0.29, 0.717) is 10.5 Å². The molecular formula is C25H17ClF6O5S. The lowest BCUT2D eigenvalue weighted by Crippen LogP contribution is -2.17. The van der Waals surface area contributed by atoms with E-state index in [1.54, 1.807) is 12.1 Å². The van der Waals surface area contributed by atoms with E-state index in [0.717, 1.165) is 24.3 Å². The zero-order valence-electron chi connectivity index (χ0n) is 19.0. The SMILES string of the molecule is O=C(O)COc1ccc(SCC=C(c2cccc(OC(F)(F)F)c2)c2cccc(OC(F)(F)F)c2)c(Cl)c1. The Morgan fingerprint density at radius 1 is 0.842 bits per heavy atom. The minimum absolute atomic E-state index is 0.207. The van der Waals surface area contributed by atoms with Gasteiger partial charge in [-0.1, -0.05) is 41.9 Å². The van der Waals surface area contributed by atoms with Crippen molar-refractivity contribution in [1.29, 1.82) is 0 Å². The van der Waals surface area contributed by atoms with E-state index in [-0.39, 0.29) is 27.7 Å². The molecule has 0 bridgehead atoms. The molecule has 202 valence electrons. The fourth-order valence-electron chi connectivity index (χ4n) is 3.17. The first-order valence-corrected chi connectivity index (χ1v) is 11.8. The summed E-state index contributed by atoms with van der Waals surface area (Å²) in [5, 5.41) is 8.96. The molecule has 0 fully saturated rings. The molecule has 3 aromatic rings. The van der Waals surface area contributed by atoms with Crippen molar-refractivity contribution in [2.45, 2.75) is 17.6 Å². The Labute approximate surface area is 221 Å². The summed E-state index contributed by atoms with van der Waals surface area (Å²) in [6.45, 7) is -0.552. The molecule has 0 spiro atoms. The van der Waals surface area contributed by atoms with Crippen molar-refractivity contribution in [3.8, 4) is 17.2 Å². The minimum Gasteiger partial charge on any atom is -0.482 e. The van der Waals surface area contributed by atoms with Gasteiger partial charge >= 0.3 is 18.7 Å². The van der Waals surface area contributed by atoms with E-state index in [4.69, 9.17) is 21.4 Å². The lowest BCUT2D eigenvalue weighted by Gasteiger charge is -2.14. The number of benzene rings is 3. The van der Waals surface area contributed by atoms with Gasteiger partial charge in [-0.15, -0.1) is 38.1 Å². The van der Waals surface area contributed by atoms with Crippen LogP contribution in [0.4, 0.5) is 26.3 Å². The molecule has 0 saturated carbocycles. The van der Waals surface area contributed by atoms with Crippen molar-refractivity contribution in [3.05, 3.63) is 89.0 Å². The number of aliphatic carboxylic acids is 1. The number of carboxylic acid groups (broad SMARTS) is 1. The average Bonchev–Trinajstić information content (AvgIpc) is 2.79. The number of hydrogen-bond donors (Lipinski definition) is 1. The Bertz CT molecular complexity index is 1250. The molecule has 0 aliphatic rings. The van der Waals surface area contributed by atoms with Gasteiger partial charge in [-0.05, 0) is 59.2 Å². The van der Waals surface area contributed by atoms with Gasteiger partial charge in [0.15, 0.2) is 6.61 Å².